The quantitative estimate of drug-likeness (QED) is 0.767. The molecule has 0 bridgehead atoms. The maximum absolute atomic E-state index is 13.1. The van der Waals surface area contributed by atoms with Crippen molar-refractivity contribution < 1.29 is 4.74 Å². The molecular weight excluding hydrogens is 356 g/mol. The lowest BCUT2D eigenvalue weighted by molar-refractivity contribution is 0.122. The zero-order chi connectivity index (χ0) is 21.0. The largest absolute Gasteiger partial charge is 0.364 e. The van der Waals surface area contributed by atoms with E-state index in [0.717, 1.165) is 10.1 Å². The first-order valence-electron chi connectivity index (χ1n) is 9.08. The molecule has 1 heterocycles. The molecule has 0 amide bonds. The molecule has 0 spiro atoms. The van der Waals surface area contributed by atoms with Crippen LogP contribution in [0.25, 0.3) is 0 Å². The molecular formula is C21H24N4O3. The molecule has 146 valence electrons. The molecule has 0 radical (unpaired) electrons. The van der Waals surface area contributed by atoms with Crippen molar-refractivity contribution in [2.24, 2.45) is 0 Å². The van der Waals surface area contributed by atoms with Gasteiger partial charge in [-0.3, -0.25) is 9.36 Å². The number of nitriles is 2. The van der Waals surface area contributed by atoms with E-state index in [2.05, 4.69) is 12.1 Å². The molecule has 0 N–H and O–H groups in total. The molecule has 0 saturated carbocycles. The average molecular weight is 380 g/mol. The number of nitrogens with zero attached hydrogens (tertiary/aromatic N) is 4. The third-order valence-corrected chi connectivity index (χ3v) is 4.62. The van der Waals surface area contributed by atoms with Gasteiger partial charge in [0.15, 0.2) is 0 Å². The van der Waals surface area contributed by atoms with E-state index in [-0.39, 0.29) is 12.6 Å². The number of hydrogen-bond acceptors (Lipinski definition) is 5. The van der Waals surface area contributed by atoms with Crippen molar-refractivity contribution in [2.75, 3.05) is 7.11 Å². The molecule has 1 aromatic heterocycles. The van der Waals surface area contributed by atoms with Crippen LogP contribution < -0.4 is 11.2 Å². The number of rotatable bonds is 6. The third kappa shape index (κ3) is 3.76. The summed E-state index contributed by atoms with van der Waals surface area (Å²) in [5.41, 5.74) is 1.68. The molecule has 1 atom stereocenters. The van der Waals surface area contributed by atoms with Gasteiger partial charge in [-0.05, 0) is 43.0 Å². The van der Waals surface area contributed by atoms with Gasteiger partial charge in [0.25, 0.3) is 5.56 Å². The van der Waals surface area contributed by atoms with E-state index in [1.165, 1.54) is 11.7 Å². The van der Waals surface area contributed by atoms with Crippen LogP contribution in [0.15, 0.2) is 27.8 Å². The van der Waals surface area contributed by atoms with Crippen LogP contribution in [0, 0.1) is 29.6 Å². The van der Waals surface area contributed by atoms with Crippen molar-refractivity contribution in [1.82, 2.24) is 9.13 Å². The summed E-state index contributed by atoms with van der Waals surface area (Å²) in [6.45, 7) is 7.49. The van der Waals surface area contributed by atoms with Crippen LogP contribution >= 0.6 is 0 Å². The monoisotopic (exact) mass is 380 g/mol. The van der Waals surface area contributed by atoms with Gasteiger partial charge in [-0.1, -0.05) is 19.9 Å². The molecule has 1 aromatic carbocycles. The summed E-state index contributed by atoms with van der Waals surface area (Å²) < 4.78 is 7.54. The lowest BCUT2D eigenvalue weighted by Gasteiger charge is -2.23. The summed E-state index contributed by atoms with van der Waals surface area (Å²) in [6.07, 6.45) is 0. The van der Waals surface area contributed by atoms with Crippen LogP contribution in [0.5, 0.6) is 0 Å². The molecule has 0 fully saturated rings. The second-order valence-corrected chi connectivity index (χ2v) is 6.94. The summed E-state index contributed by atoms with van der Waals surface area (Å²) in [6, 6.07) is 9.50. The van der Waals surface area contributed by atoms with E-state index in [1.807, 2.05) is 26.8 Å². The standard InChI is InChI=1S/C21H24N4O3/c1-6-24-19(17(11-23)16-8-14(4)7-15(9-16)10-22)18(13(2)3)20(26)25(12-28-5)21(24)27/h7-9,13,17H,6,12H2,1-5H3. The van der Waals surface area contributed by atoms with Gasteiger partial charge in [-0.15, -0.1) is 0 Å². The Morgan fingerprint density at radius 2 is 1.82 bits per heavy atom. The summed E-state index contributed by atoms with van der Waals surface area (Å²) in [5.74, 6) is -1.05. The van der Waals surface area contributed by atoms with Crippen molar-refractivity contribution in [3.63, 3.8) is 0 Å². The van der Waals surface area contributed by atoms with Gasteiger partial charge >= 0.3 is 5.69 Å². The molecule has 2 aromatic rings. The van der Waals surface area contributed by atoms with E-state index >= 15 is 0 Å². The fourth-order valence-electron chi connectivity index (χ4n) is 3.48. The molecule has 0 saturated heterocycles. The van der Waals surface area contributed by atoms with Crippen molar-refractivity contribution >= 4 is 0 Å². The van der Waals surface area contributed by atoms with Crippen LogP contribution in [-0.2, 0) is 18.0 Å². The molecule has 2 rings (SSSR count). The highest BCUT2D eigenvalue weighted by molar-refractivity contribution is 5.45. The summed E-state index contributed by atoms with van der Waals surface area (Å²) >= 11 is 0. The summed E-state index contributed by atoms with van der Waals surface area (Å²) in [5, 5.41) is 19.3. The number of aromatic nitrogens is 2. The van der Waals surface area contributed by atoms with E-state index in [0.29, 0.717) is 28.9 Å². The van der Waals surface area contributed by atoms with Crippen molar-refractivity contribution in [2.45, 2.75) is 52.8 Å². The second-order valence-electron chi connectivity index (χ2n) is 6.94. The molecule has 0 aliphatic carbocycles. The Balaban J connectivity index is 2.95. The van der Waals surface area contributed by atoms with Crippen molar-refractivity contribution in [1.29, 1.82) is 10.5 Å². The third-order valence-electron chi connectivity index (χ3n) is 4.62. The molecule has 7 nitrogen and oxygen atoms in total. The number of ether oxygens (including phenoxy) is 1. The highest BCUT2D eigenvalue weighted by atomic mass is 16.5. The smallest absolute Gasteiger partial charge is 0.333 e. The molecule has 7 heteroatoms. The average Bonchev–Trinajstić information content (AvgIpc) is 2.65. The summed E-state index contributed by atoms with van der Waals surface area (Å²) in [4.78, 5) is 26.0. The molecule has 0 aliphatic rings. The Kier molecular flexibility index (Phi) is 6.56. The second kappa shape index (κ2) is 8.69. The normalized spacial score (nSPS) is 11.9. The molecule has 1 unspecified atom stereocenters. The van der Waals surface area contributed by atoms with E-state index in [4.69, 9.17) is 4.74 Å². The minimum atomic E-state index is -0.845. The SMILES string of the molecule is CCn1c(C(C#N)c2cc(C)cc(C#N)c2)c(C(C)C)c(=O)n(COC)c1=O. The number of aryl methyl sites for hydroxylation is 1. The van der Waals surface area contributed by atoms with Gasteiger partial charge in [0, 0.05) is 19.2 Å². The maximum Gasteiger partial charge on any atom is 0.333 e. The van der Waals surface area contributed by atoms with Crippen molar-refractivity contribution in [3.05, 3.63) is 67.0 Å². The highest BCUT2D eigenvalue weighted by Crippen LogP contribution is 2.29. The predicted octanol–water partition coefficient (Wildman–Crippen LogP) is 2.59. The fraction of sp³-hybridized carbons (Fsp3) is 0.429. The summed E-state index contributed by atoms with van der Waals surface area (Å²) in [7, 11) is 1.42. The van der Waals surface area contributed by atoms with Gasteiger partial charge in [0.05, 0.1) is 23.4 Å². The van der Waals surface area contributed by atoms with Gasteiger partial charge in [-0.2, -0.15) is 10.5 Å². The number of hydrogen-bond donors (Lipinski definition) is 0. The van der Waals surface area contributed by atoms with E-state index < -0.39 is 17.2 Å². The van der Waals surface area contributed by atoms with Gasteiger partial charge in [0.2, 0.25) is 0 Å². The predicted molar refractivity (Wildman–Crippen MR) is 105 cm³/mol. The fourth-order valence-corrected chi connectivity index (χ4v) is 3.48. The minimum absolute atomic E-state index is 0.155. The molecule has 28 heavy (non-hydrogen) atoms. The zero-order valence-corrected chi connectivity index (χ0v) is 16.8. The van der Waals surface area contributed by atoms with Crippen LogP contribution in [0.4, 0.5) is 0 Å². The topological polar surface area (TPSA) is 101 Å². The van der Waals surface area contributed by atoms with Crippen LogP contribution in [-0.4, -0.2) is 16.2 Å². The van der Waals surface area contributed by atoms with Gasteiger partial charge in [-0.25, -0.2) is 9.36 Å². The highest BCUT2D eigenvalue weighted by Gasteiger charge is 2.28. The first-order valence-corrected chi connectivity index (χ1v) is 9.08. The van der Waals surface area contributed by atoms with Crippen LogP contribution in [0.2, 0.25) is 0 Å². The van der Waals surface area contributed by atoms with Gasteiger partial charge < -0.3 is 4.74 Å². The Morgan fingerprint density at radius 1 is 1.14 bits per heavy atom. The van der Waals surface area contributed by atoms with Crippen LogP contribution in [0.1, 0.15) is 60.6 Å². The Morgan fingerprint density at radius 3 is 2.32 bits per heavy atom. The van der Waals surface area contributed by atoms with Crippen LogP contribution in [0.3, 0.4) is 0 Å². The lowest BCUT2D eigenvalue weighted by atomic mass is 9.88. The lowest BCUT2D eigenvalue weighted by Crippen LogP contribution is -2.44. The zero-order valence-electron chi connectivity index (χ0n) is 16.8. The Hall–Kier alpha value is -3.16. The first-order chi connectivity index (χ1) is 13.3. The minimum Gasteiger partial charge on any atom is -0.364 e. The van der Waals surface area contributed by atoms with Gasteiger partial charge in [0.1, 0.15) is 12.6 Å². The first kappa shape index (κ1) is 21.1. The van der Waals surface area contributed by atoms with Crippen molar-refractivity contribution in [3.8, 4) is 12.1 Å². The van der Waals surface area contributed by atoms with E-state index in [1.54, 1.807) is 19.1 Å². The maximum atomic E-state index is 13.1. The Bertz CT molecular complexity index is 1080. The molecule has 0 aliphatic heterocycles. The Labute approximate surface area is 164 Å². The number of methoxy groups -OCH3 is 1. The van der Waals surface area contributed by atoms with E-state index in [9.17, 15) is 20.1 Å². The number of benzene rings is 1.